The van der Waals surface area contributed by atoms with Crippen molar-refractivity contribution in [2.45, 2.75) is 26.2 Å². The normalized spacial score (nSPS) is 10.8. The zero-order valence-electron chi connectivity index (χ0n) is 14.6. The molecule has 0 aliphatic rings. The minimum atomic E-state index is -0.101. The highest BCUT2D eigenvalue weighted by molar-refractivity contribution is 6.34. The topological polar surface area (TPSA) is 88.6 Å². The zero-order valence-corrected chi connectivity index (χ0v) is 15.3. The van der Waals surface area contributed by atoms with E-state index in [1.54, 1.807) is 23.4 Å². The van der Waals surface area contributed by atoms with Gasteiger partial charge in [-0.3, -0.25) is 4.79 Å². The Hall–Kier alpha value is -2.78. The van der Waals surface area contributed by atoms with Gasteiger partial charge in [0.05, 0.1) is 17.5 Å². The first-order valence-electron chi connectivity index (χ1n) is 8.62. The molecule has 0 saturated carbocycles. The van der Waals surface area contributed by atoms with Crippen LogP contribution in [0.5, 0.6) is 0 Å². The van der Waals surface area contributed by atoms with Crippen LogP contribution in [0.3, 0.4) is 0 Å². The van der Waals surface area contributed by atoms with Gasteiger partial charge in [-0.2, -0.15) is 5.26 Å². The van der Waals surface area contributed by atoms with Gasteiger partial charge in [0.25, 0.3) is 5.91 Å². The Morgan fingerprint density at radius 2 is 2.27 bits per heavy atom. The summed E-state index contributed by atoms with van der Waals surface area (Å²) < 4.78 is 0. The fourth-order valence-corrected chi connectivity index (χ4v) is 3.22. The van der Waals surface area contributed by atoms with E-state index in [1.807, 2.05) is 12.3 Å². The van der Waals surface area contributed by atoms with Crippen molar-refractivity contribution in [2.75, 3.05) is 13.1 Å². The highest BCUT2D eigenvalue weighted by atomic mass is 35.5. The molecule has 136 valence electrons. The first-order valence-corrected chi connectivity index (χ1v) is 9.00. The number of pyridine rings is 1. The molecule has 0 radical (unpaired) electrons. The molecule has 1 amide bonds. The maximum Gasteiger partial charge on any atom is 0.270 e. The van der Waals surface area contributed by atoms with Gasteiger partial charge < -0.3 is 14.9 Å². The molecule has 0 aliphatic heterocycles. The number of hydrogen-bond donors (Lipinski definition) is 2. The van der Waals surface area contributed by atoms with Crippen molar-refractivity contribution < 1.29 is 6.22 Å². The van der Waals surface area contributed by atoms with Crippen molar-refractivity contribution in [3.05, 3.63) is 41.4 Å². The molecule has 3 aromatic rings. The van der Waals surface area contributed by atoms with E-state index >= 15 is 0 Å². The van der Waals surface area contributed by atoms with E-state index < -0.39 is 0 Å². The van der Waals surface area contributed by atoms with Crippen LogP contribution in [0.1, 0.15) is 38.1 Å². The maximum absolute atomic E-state index is 12.8. The molecule has 6 nitrogen and oxygen atoms in total. The summed E-state index contributed by atoms with van der Waals surface area (Å²) in [7, 11) is 0. The Bertz CT molecular complexity index is 959. The monoisotopic (exact) mass is 371 g/mol. The van der Waals surface area contributed by atoms with E-state index in [1.165, 1.54) is 0 Å². The fraction of sp³-hybridized carbons (Fsp3) is 0.316. The quantitative estimate of drug-likeness (QED) is 0.635. The Morgan fingerprint density at radius 1 is 1.42 bits per heavy atom. The number of fused-ring (bicyclic) bond motifs is 1. The van der Waals surface area contributed by atoms with Gasteiger partial charge in [0.1, 0.15) is 11.3 Å². The van der Waals surface area contributed by atoms with Crippen LogP contribution in [-0.4, -0.2) is 38.8 Å². The second kappa shape index (κ2) is 8.07. The Kier molecular flexibility index (Phi) is 5.59. The van der Waals surface area contributed by atoms with E-state index in [4.69, 9.17) is 16.9 Å². The Morgan fingerprint density at radius 3 is 3.04 bits per heavy atom. The Labute approximate surface area is 158 Å². The van der Waals surface area contributed by atoms with Gasteiger partial charge in [-0.05, 0) is 18.6 Å². The van der Waals surface area contributed by atoms with Crippen molar-refractivity contribution in [3.8, 4) is 17.2 Å². The van der Waals surface area contributed by atoms with Gasteiger partial charge in [-0.25, -0.2) is 4.98 Å². The Balaban J connectivity index is 0.00000261. The van der Waals surface area contributed by atoms with E-state index in [-0.39, 0.29) is 7.33 Å². The minimum absolute atomic E-state index is 0. The van der Waals surface area contributed by atoms with Crippen LogP contribution in [0.15, 0.2) is 30.7 Å². The summed E-state index contributed by atoms with van der Waals surface area (Å²) in [5, 5.41) is 10.3. The lowest BCUT2D eigenvalue weighted by Crippen LogP contribution is -2.33. The van der Waals surface area contributed by atoms with Crippen LogP contribution in [0, 0.1) is 11.3 Å². The number of H-pyrrole nitrogens is 2. The molecule has 0 unspecified atom stereocenters. The highest BCUT2D eigenvalue weighted by Gasteiger charge is 2.19. The molecule has 26 heavy (non-hydrogen) atoms. The molecule has 7 heteroatoms. The molecular weight excluding hydrogens is 350 g/mol. The van der Waals surface area contributed by atoms with Crippen molar-refractivity contribution >= 4 is 28.5 Å². The number of nitrogens with zero attached hydrogens (tertiary/aromatic N) is 3. The summed E-state index contributed by atoms with van der Waals surface area (Å²) in [5.74, 6) is -0.101. The molecule has 0 aromatic carbocycles. The number of halogens is 1. The minimum Gasteiger partial charge on any atom is -0.357 e. The predicted molar refractivity (Wildman–Crippen MR) is 104 cm³/mol. The van der Waals surface area contributed by atoms with Gasteiger partial charge in [0.2, 0.25) is 0 Å². The van der Waals surface area contributed by atoms with E-state index in [0.717, 1.165) is 35.0 Å². The third kappa shape index (κ3) is 3.58. The average Bonchev–Trinajstić information content (AvgIpc) is 3.30. The number of rotatable bonds is 7. The summed E-state index contributed by atoms with van der Waals surface area (Å²) in [6, 6.07) is 5.83. The van der Waals surface area contributed by atoms with Crippen molar-refractivity contribution in [2.24, 2.45) is 0 Å². The molecule has 0 saturated heterocycles. The summed E-state index contributed by atoms with van der Waals surface area (Å²) in [4.78, 5) is 24.9. The lowest BCUT2D eigenvalue weighted by Gasteiger charge is -2.20. The molecule has 0 bridgehead atoms. The molecular formula is C19H22ClN5O. The van der Waals surface area contributed by atoms with E-state index in [0.29, 0.717) is 30.2 Å². The second-order valence-electron chi connectivity index (χ2n) is 6.08. The average molecular weight is 372 g/mol. The molecule has 2 N–H and O–H groups in total. The largest absolute Gasteiger partial charge is 0.357 e. The number of nitriles is 1. The van der Waals surface area contributed by atoms with Crippen molar-refractivity contribution in [1.29, 1.82) is 5.26 Å². The number of carbonyl (C=O) groups is 1. The van der Waals surface area contributed by atoms with Crippen molar-refractivity contribution in [1.82, 2.24) is 19.9 Å². The van der Waals surface area contributed by atoms with Crippen LogP contribution in [0.2, 0.25) is 5.02 Å². The van der Waals surface area contributed by atoms with Gasteiger partial charge in [0.15, 0.2) is 0 Å². The first-order chi connectivity index (χ1) is 12.7. The number of nitrogens with one attached hydrogen (secondary N) is 2. The molecule has 0 atom stereocenters. The summed E-state index contributed by atoms with van der Waals surface area (Å²) in [6.07, 6.45) is 7.41. The number of amides is 1. The van der Waals surface area contributed by atoms with Crippen LogP contribution >= 0.6 is 11.6 Å². The number of aromatic nitrogens is 3. The highest BCUT2D eigenvalue weighted by Crippen LogP contribution is 2.34. The SMILES string of the molecule is CCCCN(CCC#N)C(=O)c1cc(-c2c(Cl)cnc3[nH]ccc23)c[nH]1.[HH]. The summed E-state index contributed by atoms with van der Waals surface area (Å²) >= 11 is 6.36. The van der Waals surface area contributed by atoms with E-state index in [2.05, 4.69) is 27.9 Å². The molecule has 0 spiro atoms. The smallest absolute Gasteiger partial charge is 0.270 e. The molecule has 0 aliphatic carbocycles. The maximum atomic E-state index is 12.8. The van der Waals surface area contributed by atoms with Gasteiger partial charge in [-0.15, -0.1) is 0 Å². The second-order valence-corrected chi connectivity index (χ2v) is 6.48. The lowest BCUT2D eigenvalue weighted by atomic mass is 10.1. The molecule has 3 aromatic heterocycles. The van der Waals surface area contributed by atoms with Crippen LogP contribution < -0.4 is 0 Å². The number of hydrogen-bond acceptors (Lipinski definition) is 3. The zero-order chi connectivity index (χ0) is 18.5. The number of unbranched alkanes of at least 4 members (excludes halogenated alkanes) is 1. The fourth-order valence-electron chi connectivity index (χ4n) is 2.96. The molecule has 3 rings (SSSR count). The van der Waals surface area contributed by atoms with Crippen LogP contribution in [-0.2, 0) is 0 Å². The van der Waals surface area contributed by atoms with Crippen molar-refractivity contribution in [3.63, 3.8) is 0 Å². The van der Waals surface area contributed by atoms with Gasteiger partial charge >= 0.3 is 0 Å². The third-order valence-electron chi connectivity index (χ3n) is 4.30. The predicted octanol–water partition coefficient (Wildman–Crippen LogP) is 4.61. The standard InChI is InChI=1S/C19H20ClN5O.H2/c1-2-3-8-25(9-4-6-21)19(26)16-10-13(11-23-16)17-14-5-7-22-18(14)24-12-15(17)20;/h5,7,10-12,23H,2-4,8-9H2,1H3,(H,22,24);1H. The van der Waals surface area contributed by atoms with Crippen LogP contribution in [0.25, 0.3) is 22.2 Å². The number of carbonyl (C=O) groups excluding carboxylic acids is 1. The summed E-state index contributed by atoms with van der Waals surface area (Å²) in [5.41, 5.74) is 2.91. The van der Waals surface area contributed by atoms with E-state index in [9.17, 15) is 4.79 Å². The molecule has 3 heterocycles. The third-order valence-corrected chi connectivity index (χ3v) is 4.59. The number of aromatic amines is 2. The molecule has 0 fully saturated rings. The van der Waals surface area contributed by atoms with Gasteiger partial charge in [0, 0.05) is 49.6 Å². The van der Waals surface area contributed by atoms with Crippen LogP contribution in [0.4, 0.5) is 0 Å². The lowest BCUT2D eigenvalue weighted by molar-refractivity contribution is 0.0751. The van der Waals surface area contributed by atoms with Gasteiger partial charge in [-0.1, -0.05) is 24.9 Å². The summed E-state index contributed by atoms with van der Waals surface area (Å²) in [6.45, 7) is 3.15. The first kappa shape index (κ1) is 18.0.